The first-order valence-electron chi connectivity index (χ1n) is 6.22. The SMILES string of the molecule is C=C(C)/C(C)=c1/c(N)c(C(=O)CC)s/c1=C\CC. The van der Waals surface area contributed by atoms with Gasteiger partial charge < -0.3 is 5.73 Å². The number of thiophene rings is 1. The van der Waals surface area contributed by atoms with E-state index in [1.165, 1.54) is 11.3 Å². The van der Waals surface area contributed by atoms with Crippen LogP contribution in [0.25, 0.3) is 11.6 Å². The molecule has 0 aliphatic heterocycles. The summed E-state index contributed by atoms with van der Waals surface area (Å²) < 4.78 is 1.09. The Kier molecular flexibility index (Phi) is 4.91. The number of Topliss-reactive ketones (excluding diaryl/α,β-unsaturated/α-hetero) is 1. The van der Waals surface area contributed by atoms with Crippen molar-refractivity contribution in [2.75, 3.05) is 5.73 Å². The van der Waals surface area contributed by atoms with Crippen LogP contribution < -0.4 is 15.5 Å². The first kappa shape index (κ1) is 14.7. The monoisotopic (exact) mass is 263 g/mol. The van der Waals surface area contributed by atoms with Crippen molar-refractivity contribution in [3.8, 4) is 0 Å². The van der Waals surface area contributed by atoms with E-state index >= 15 is 0 Å². The quantitative estimate of drug-likeness (QED) is 0.849. The number of hydrogen-bond acceptors (Lipinski definition) is 3. The lowest BCUT2D eigenvalue weighted by molar-refractivity contribution is 0.0993. The average molecular weight is 263 g/mol. The van der Waals surface area contributed by atoms with E-state index in [-0.39, 0.29) is 5.78 Å². The summed E-state index contributed by atoms with van der Waals surface area (Å²) in [6.07, 6.45) is 3.53. The van der Waals surface area contributed by atoms with E-state index < -0.39 is 0 Å². The number of nitrogen functional groups attached to an aromatic ring is 1. The van der Waals surface area contributed by atoms with Gasteiger partial charge in [0.05, 0.1) is 10.6 Å². The number of hydrogen-bond donors (Lipinski definition) is 1. The third kappa shape index (κ3) is 2.72. The summed E-state index contributed by atoms with van der Waals surface area (Å²) in [6.45, 7) is 11.9. The number of nitrogens with two attached hydrogens (primary N) is 1. The van der Waals surface area contributed by atoms with Crippen LogP contribution in [0.3, 0.4) is 0 Å². The number of carbonyl (C=O) groups excluding carboxylic acids is 1. The summed E-state index contributed by atoms with van der Waals surface area (Å²) in [7, 11) is 0. The highest BCUT2D eigenvalue weighted by molar-refractivity contribution is 7.12. The Morgan fingerprint density at radius 1 is 1.39 bits per heavy atom. The minimum absolute atomic E-state index is 0.115. The molecular weight excluding hydrogens is 242 g/mol. The van der Waals surface area contributed by atoms with Crippen molar-refractivity contribution in [1.82, 2.24) is 0 Å². The summed E-state index contributed by atoms with van der Waals surface area (Å²) in [5.41, 5.74) is 8.83. The molecule has 0 bridgehead atoms. The summed E-state index contributed by atoms with van der Waals surface area (Å²) >= 11 is 1.50. The van der Waals surface area contributed by atoms with Gasteiger partial charge in [0.15, 0.2) is 5.78 Å². The zero-order valence-electron chi connectivity index (χ0n) is 11.6. The van der Waals surface area contributed by atoms with Gasteiger partial charge in [0, 0.05) is 16.2 Å². The van der Waals surface area contributed by atoms with Crippen LogP contribution in [0.1, 0.15) is 50.2 Å². The Morgan fingerprint density at radius 3 is 2.44 bits per heavy atom. The lowest BCUT2D eigenvalue weighted by Crippen LogP contribution is -2.24. The molecule has 0 saturated heterocycles. The van der Waals surface area contributed by atoms with E-state index in [9.17, 15) is 4.79 Å². The van der Waals surface area contributed by atoms with E-state index in [2.05, 4.69) is 19.6 Å². The van der Waals surface area contributed by atoms with Gasteiger partial charge in [-0.05, 0) is 25.8 Å². The molecule has 0 fully saturated rings. The Balaban J connectivity index is 3.76. The predicted octanol–water partition coefficient (Wildman–Crippen LogP) is 2.86. The lowest BCUT2D eigenvalue weighted by Gasteiger charge is -1.99. The highest BCUT2D eigenvalue weighted by Crippen LogP contribution is 2.16. The van der Waals surface area contributed by atoms with Crippen molar-refractivity contribution in [2.45, 2.75) is 40.5 Å². The largest absolute Gasteiger partial charge is 0.397 e. The third-order valence-electron chi connectivity index (χ3n) is 2.95. The van der Waals surface area contributed by atoms with E-state index in [0.29, 0.717) is 17.0 Å². The fourth-order valence-corrected chi connectivity index (χ4v) is 3.06. The molecule has 0 aromatic carbocycles. The molecule has 0 amide bonds. The second-order valence-corrected chi connectivity index (χ2v) is 5.43. The van der Waals surface area contributed by atoms with Crippen molar-refractivity contribution in [2.24, 2.45) is 0 Å². The summed E-state index contributed by atoms with van der Waals surface area (Å²) in [5.74, 6) is 0.115. The molecule has 0 aliphatic rings. The first-order chi connectivity index (χ1) is 8.43. The van der Waals surface area contributed by atoms with Crippen LogP contribution in [0.4, 0.5) is 5.69 Å². The van der Waals surface area contributed by atoms with Crippen LogP contribution in [-0.4, -0.2) is 5.78 Å². The molecule has 0 aliphatic carbocycles. The van der Waals surface area contributed by atoms with Crippen LogP contribution in [0.2, 0.25) is 0 Å². The lowest BCUT2D eigenvalue weighted by atomic mass is 10.1. The van der Waals surface area contributed by atoms with Gasteiger partial charge in [-0.3, -0.25) is 4.79 Å². The molecular formula is C15H21NOS. The fraction of sp³-hybridized carbons (Fsp3) is 0.400. The third-order valence-corrected chi connectivity index (χ3v) is 4.19. The zero-order valence-corrected chi connectivity index (χ0v) is 12.4. The van der Waals surface area contributed by atoms with Crippen LogP contribution in [0, 0.1) is 0 Å². The number of ketones is 1. The molecule has 0 spiro atoms. The van der Waals surface area contributed by atoms with Gasteiger partial charge in [-0.1, -0.05) is 32.1 Å². The smallest absolute Gasteiger partial charge is 0.174 e. The van der Waals surface area contributed by atoms with Gasteiger partial charge in [-0.15, -0.1) is 11.3 Å². The van der Waals surface area contributed by atoms with Crippen LogP contribution in [-0.2, 0) is 0 Å². The van der Waals surface area contributed by atoms with Gasteiger partial charge in [0.2, 0.25) is 0 Å². The van der Waals surface area contributed by atoms with Gasteiger partial charge in [-0.2, -0.15) is 0 Å². The maximum absolute atomic E-state index is 11.9. The predicted molar refractivity (Wildman–Crippen MR) is 81.3 cm³/mol. The van der Waals surface area contributed by atoms with Gasteiger partial charge in [0.1, 0.15) is 0 Å². The van der Waals surface area contributed by atoms with Gasteiger partial charge in [-0.25, -0.2) is 0 Å². The standard InChI is InChI=1S/C15H21NOS/c1-6-8-12-13(10(5)9(3)4)14(16)15(18-12)11(17)7-2/h8H,3,6-7,16H2,1-2,4-5H3/b12-8-,13-10+. The molecule has 18 heavy (non-hydrogen) atoms. The van der Waals surface area contributed by atoms with Crippen LogP contribution >= 0.6 is 11.3 Å². The molecule has 0 atom stereocenters. The van der Waals surface area contributed by atoms with E-state index in [1.807, 2.05) is 20.8 Å². The Hall–Kier alpha value is -1.35. The maximum Gasteiger partial charge on any atom is 0.174 e. The number of allylic oxidation sites excluding steroid dienone is 1. The molecule has 1 heterocycles. The van der Waals surface area contributed by atoms with Crippen molar-refractivity contribution in [3.05, 3.63) is 26.8 Å². The van der Waals surface area contributed by atoms with Gasteiger partial charge >= 0.3 is 0 Å². The van der Waals surface area contributed by atoms with Crippen molar-refractivity contribution >= 4 is 34.5 Å². The van der Waals surface area contributed by atoms with E-state index in [1.54, 1.807) is 0 Å². The summed E-state index contributed by atoms with van der Waals surface area (Å²) in [4.78, 5) is 12.6. The molecule has 1 aromatic heterocycles. The first-order valence-corrected chi connectivity index (χ1v) is 7.04. The molecule has 3 heteroatoms. The molecule has 0 unspecified atom stereocenters. The van der Waals surface area contributed by atoms with Crippen LogP contribution in [0.15, 0.2) is 12.2 Å². The molecule has 0 saturated carbocycles. The van der Waals surface area contributed by atoms with E-state index in [4.69, 9.17) is 5.73 Å². The summed E-state index contributed by atoms with van der Waals surface area (Å²) in [6, 6.07) is 0. The highest BCUT2D eigenvalue weighted by Gasteiger charge is 2.14. The van der Waals surface area contributed by atoms with E-state index in [0.717, 1.165) is 27.3 Å². The topological polar surface area (TPSA) is 43.1 Å². The minimum Gasteiger partial charge on any atom is -0.397 e. The molecule has 1 aromatic rings. The molecule has 0 radical (unpaired) electrons. The second kappa shape index (κ2) is 6.01. The Labute approximate surface area is 113 Å². The number of anilines is 1. The molecule has 2 N–H and O–H groups in total. The highest BCUT2D eigenvalue weighted by atomic mass is 32.1. The second-order valence-electron chi connectivity index (χ2n) is 4.38. The van der Waals surface area contributed by atoms with Crippen molar-refractivity contribution < 1.29 is 4.79 Å². The molecule has 98 valence electrons. The number of carbonyl (C=O) groups is 1. The average Bonchev–Trinajstić information content (AvgIpc) is 2.65. The van der Waals surface area contributed by atoms with Crippen molar-refractivity contribution in [3.63, 3.8) is 0 Å². The van der Waals surface area contributed by atoms with Crippen LogP contribution in [0.5, 0.6) is 0 Å². The maximum atomic E-state index is 11.9. The Bertz CT molecular complexity index is 593. The molecule has 2 nitrogen and oxygen atoms in total. The molecule has 1 rings (SSSR count). The number of rotatable bonds is 4. The Morgan fingerprint density at radius 2 is 2.00 bits per heavy atom. The van der Waals surface area contributed by atoms with Gasteiger partial charge in [0.25, 0.3) is 0 Å². The fourth-order valence-electron chi connectivity index (χ4n) is 1.76. The minimum atomic E-state index is 0.115. The normalized spacial score (nSPS) is 13.7. The summed E-state index contributed by atoms with van der Waals surface area (Å²) in [5, 5.41) is 0.992. The van der Waals surface area contributed by atoms with Crippen molar-refractivity contribution in [1.29, 1.82) is 0 Å². The zero-order chi connectivity index (χ0) is 13.9.